The number of hydrogen-bond acceptors (Lipinski definition) is 5. The fraction of sp³-hybridized carbons (Fsp3) is 0.417. The van der Waals surface area contributed by atoms with Crippen molar-refractivity contribution in [2.45, 2.75) is 13.8 Å². The highest BCUT2D eigenvalue weighted by Crippen LogP contribution is 2.13. The van der Waals surface area contributed by atoms with Crippen molar-refractivity contribution >= 4 is 17.6 Å². The van der Waals surface area contributed by atoms with E-state index in [0.717, 1.165) is 0 Å². The van der Waals surface area contributed by atoms with Crippen LogP contribution >= 0.6 is 0 Å². The molecule has 0 fully saturated rings. The van der Waals surface area contributed by atoms with Gasteiger partial charge in [0.05, 0.1) is 5.41 Å². The van der Waals surface area contributed by atoms with Gasteiger partial charge in [0.15, 0.2) is 0 Å². The van der Waals surface area contributed by atoms with Gasteiger partial charge in [0.25, 0.3) is 5.91 Å². The number of nitrogens with zero attached hydrogens (tertiary/aromatic N) is 1. The third kappa shape index (κ3) is 3.92. The van der Waals surface area contributed by atoms with Crippen molar-refractivity contribution in [2.75, 3.05) is 19.0 Å². The predicted molar refractivity (Wildman–Crippen MR) is 72.2 cm³/mol. The molecule has 19 heavy (non-hydrogen) atoms. The van der Waals surface area contributed by atoms with E-state index in [2.05, 4.69) is 21.0 Å². The van der Waals surface area contributed by atoms with Gasteiger partial charge in [-0.1, -0.05) is 6.07 Å². The van der Waals surface area contributed by atoms with E-state index >= 15 is 0 Å². The average molecular weight is 265 g/mol. The zero-order chi connectivity index (χ0) is 14.5. The summed E-state index contributed by atoms with van der Waals surface area (Å²) in [4.78, 5) is 27.5. The second-order valence-corrected chi connectivity index (χ2v) is 4.70. The summed E-state index contributed by atoms with van der Waals surface area (Å²) in [6, 6.07) is 4.88. The Bertz CT molecular complexity index is 473. The average Bonchev–Trinajstić information content (AvgIpc) is 2.43. The molecule has 0 aliphatic heterocycles. The summed E-state index contributed by atoms with van der Waals surface area (Å²) in [5, 5.41) is 5.23. The van der Waals surface area contributed by atoms with Crippen LogP contribution in [0.5, 0.6) is 0 Å². The minimum atomic E-state index is -0.686. The molecule has 7 heteroatoms. The maximum absolute atomic E-state index is 11.9. The Morgan fingerprint density at radius 2 is 2.05 bits per heavy atom. The first-order valence-electron chi connectivity index (χ1n) is 5.85. The van der Waals surface area contributed by atoms with Crippen molar-refractivity contribution in [1.82, 2.24) is 15.6 Å². The Balaban J connectivity index is 2.67. The Labute approximate surface area is 111 Å². The van der Waals surface area contributed by atoms with Crippen LogP contribution in [-0.2, 0) is 4.79 Å². The van der Waals surface area contributed by atoms with E-state index in [1.165, 1.54) is 0 Å². The molecule has 0 saturated carbocycles. The molecular formula is C12H19N5O2. The molecule has 0 aromatic carbocycles. The van der Waals surface area contributed by atoms with Crippen LogP contribution in [0.1, 0.15) is 24.3 Å². The van der Waals surface area contributed by atoms with E-state index in [0.29, 0.717) is 5.82 Å². The normalized spacial score (nSPS) is 10.7. The van der Waals surface area contributed by atoms with E-state index in [4.69, 9.17) is 5.84 Å². The summed E-state index contributed by atoms with van der Waals surface area (Å²) in [5.41, 5.74) is 1.92. The summed E-state index contributed by atoms with van der Waals surface area (Å²) in [6.07, 6.45) is 0. The number of nitrogens with one attached hydrogen (secondary N) is 3. The summed E-state index contributed by atoms with van der Waals surface area (Å²) < 4.78 is 0. The molecule has 104 valence electrons. The standard InChI is InChI=1S/C12H19N5O2/c1-12(2,11(19)14-3)7-15-10(18)8-5-4-6-9(16-8)17-13/h4-6H,7,13H2,1-3H3,(H,14,19)(H,15,18)(H,16,17). The second-order valence-electron chi connectivity index (χ2n) is 4.70. The number of amides is 2. The van der Waals surface area contributed by atoms with Crippen LogP contribution in [0.3, 0.4) is 0 Å². The monoisotopic (exact) mass is 265 g/mol. The van der Waals surface area contributed by atoms with E-state index < -0.39 is 5.41 Å². The van der Waals surface area contributed by atoms with Crippen LogP contribution in [0, 0.1) is 5.41 Å². The predicted octanol–water partition coefficient (Wildman–Crippen LogP) is -0.131. The van der Waals surface area contributed by atoms with Crippen molar-refractivity contribution in [3.63, 3.8) is 0 Å². The maximum Gasteiger partial charge on any atom is 0.270 e. The Morgan fingerprint density at radius 1 is 1.37 bits per heavy atom. The van der Waals surface area contributed by atoms with Crippen molar-refractivity contribution in [1.29, 1.82) is 0 Å². The van der Waals surface area contributed by atoms with Gasteiger partial charge in [0.1, 0.15) is 11.5 Å². The lowest BCUT2D eigenvalue weighted by Crippen LogP contribution is -2.43. The van der Waals surface area contributed by atoms with Gasteiger partial charge in [0.2, 0.25) is 5.91 Å². The number of hydrogen-bond donors (Lipinski definition) is 4. The summed E-state index contributed by atoms with van der Waals surface area (Å²) >= 11 is 0. The van der Waals surface area contributed by atoms with Crippen LogP contribution < -0.4 is 21.9 Å². The van der Waals surface area contributed by atoms with E-state index in [1.807, 2.05) is 0 Å². The number of carbonyl (C=O) groups excluding carboxylic acids is 2. The lowest BCUT2D eigenvalue weighted by Gasteiger charge is -2.22. The number of nitrogens with two attached hydrogens (primary N) is 1. The second kappa shape index (κ2) is 6.14. The van der Waals surface area contributed by atoms with Crippen molar-refractivity contribution in [3.8, 4) is 0 Å². The number of nitrogen functional groups attached to an aromatic ring is 1. The van der Waals surface area contributed by atoms with Crippen LogP contribution in [0.15, 0.2) is 18.2 Å². The topological polar surface area (TPSA) is 109 Å². The van der Waals surface area contributed by atoms with Gasteiger partial charge in [0, 0.05) is 13.6 Å². The minimum Gasteiger partial charge on any atom is -0.359 e. The first-order chi connectivity index (χ1) is 8.90. The number of anilines is 1. The SMILES string of the molecule is CNC(=O)C(C)(C)CNC(=O)c1cccc(NN)n1. The Kier molecular flexibility index (Phi) is 4.82. The van der Waals surface area contributed by atoms with Crippen molar-refractivity contribution in [3.05, 3.63) is 23.9 Å². The Morgan fingerprint density at radius 3 is 2.63 bits per heavy atom. The van der Waals surface area contributed by atoms with Crippen molar-refractivity contribution in [2.24, 2.45) is 11.3 Å². The largest absolute Gasteiger partial charge is 0.359 e. The lowest BCUT2D eigenvalue weighted by molar-refractivity contribution is -0.128. The molecule has 1 rings (SSSR count). The molecule has 5 N–H and O–H groups in total. The van der Waals surface area contributed by atoms with Crippen LogP contribution in [0.25, 0.3) is 0 Å². The number of carbonyl (C=O) groups is 2. The molecule has 1 heterocycles. The molecule has 0 unspecified atom stereocenters. The van der Waals surface area contributed by atoms with Gasteiger partial charge in [-0.05, 0) is 26.0 Å². The first-order valence-corrected chi connectivity index (χ1v) is 5.85. The molecule has 1 aromatic rings. The first kappa shape index (κ1) is 14.9. The van der Waals surface area contributed by atoms with Gasteiger partial charge in [-0.2, -0.15) is 0 Å². The number of hydrazine groups is 1. The number of rotatable bonds is 5. The minimum absolute atomic E-state index is 0.141. The Hall–Kier alpha value is -2.15. The molecule has 0 spiro atoms. The molecule has 0 saturated heterocycles. The fourth-order valence-corrected chi connectivity index (χ4v) is 1.45. The summed E-state index contributed by atoms with van der Waals surface area (Å²) in [6.45, 7) is 3.71. The van der Waals surface area contributed by atoms with Gasteiger partial charge in [-0.15, -0.1) is 0 Å². The quantitative estimate of drug-likeness (QED) is 0.438. The van der Waals surface area contributed by atoms with E-state index in [9.17, 15) is 9.59 Å². The highest BCUT2D eigenvalue weighted by Gasteiger charge is 2.27. The summed E-state index contributed by atoms with van der Waals surface area (Å²) in [7, 11) is 1.56. The van der Waals surface area contributed by atoms with Gasteiger partial charge in [-0.3, -0.25) is 9.59 Å². The fourth-order valence-electron chi connectivity index (χ4n) is 1.45. The lowest BCUT2D eigenvalue weighted by atomic mass is 9.92. The molecule has 0 radical (unpaired) electrons. The van der Waals surface area contributed by atoms with E-state index in [-0.39, 0.29) is 24.1 Å². The van der Waals surface area contributed by atoms with Gasteiger partial charge >= 0.3 is 0 Å². The molecule has 2 amide bonds. The molecule has 7 nitrogen and oxygen atoms in total. The maximum atomic E-state index is 11.9. The molecule has 1 aromatic heterocycles. The summed E-state index contributed by atoms with van der Waals surface area (Å²) in [5.74, 6) is 5.13. The van der Waals surface area contributed by atoms with Crippen LogP contribution in [-0.4, -0.2) is 30.4 Å². The smallest absolute Gasteiger partial charge is 0.270 e. The van der Waals surface area contributed by atoms with E-state index in [1.54, 1.807) is 39.1 Å². The zero-order valence-corrected chi connectivity index (χ0v) is 11.3. The highest BCUT2D eigenvalue weighted by atomic mass is 16.2. The van der Waals surface area contributed by atoms with Crippen LogP contribution in [0.4, 0.5) is 5.82 Å². The van der Waals surface area contributed by atoms with Gasteiger partial charge in [-0.25, -0.2) is 10.8 Å². The molecule has 0 aliphatic rings. The molecule has 0 bridgehead atoms. The molecule has 0 atom stereocenters. The number of pyridine rings is 1. The van der Waals surface area contributed by atoms with Gasteiger partial charge < -0.3 is 16.1 Å². The third-order valence-electron chi connectivity index (χ3n) is 2.66. The molecular weight excluding hydrogens is 246 g/mol. The highest BCUT2D eigenvalue weighted by molar-refractivity contribution is 5.93. The number of aromatic nitrogens is 1. The van der Waals surface area contributed by atoms with Crippen molar-refractivity contribution < 1.29 is 9.59 Å². The third-order valence-corrected chi connectivity index (χ3v) is 2.66. The zero-order valence-electron chi connectivity index (χ0n) is 11.3. The molecule has 0 aliphatic carbocycles. The van der Waals surface area contributed by atoms with Crippen LogP contribution in [0.2, 0.25) is 0 Å².